The summed E-state index contributed by atoms with van der Waals surface area (Å²) in [4.78, 5) is 0. The van der Waals surface area contributed by atoms with Crippen molar-refractivity contribution in [2.24, 2.45) is 0 Å². The number of halogens is 2. The fourth-order valence-corrected chi connectivity index (χ4v) is 2.24. The molecule has 0 fully saturated rings. The van der Waals surface area contributed by atoms with Crippen LogP contribution >= 0.6 is 34.2 Å². The second-order valence-corrected chi connectivity index (χ2v) is 5.00. The van der Waals surface area contributed by atoms with Crippen LogP contribution in [-0.4, -0.2) is 0 Å². The van der Waals surface area contributed by atoms with Crippen LogP contribution in [0.2, 0.25) is 5.02 Å². The van der Waals surface area contributed by atoms with Gasteiger partial charge in [0, 0.05) is 3.57 Å². The van der Waals surface area contributed by atoms with Crippen LogP contribution < -0.4 is 4.74 Å². The minimum Gasteiger partial charge on any atom is -0.487 e. The second kappa shape index (κ2) is 5.55. The largest absolute Gasteiger partial charge is 0.487 e. The first-order chi connectivity index (χ1) is 7.75. The number of ether oxygens (including phenoxy) is 1. The molecule has 0 aromatic heterocycles. The summed E-state index contributed by atoms with van der Waals surface area (Å²) in [7, 11) is 0. The van der Waals surface area contributed by atoms with Crippen LogP contribution in [0.15, 0.2) is 48.5 Å². The fourth-order valence-electron chi connectivity index (χ4n) is 1.33. The van der Waals surface area contributed by atoms with Crippen molar-refractivity contribution < 1.29 is 4.74 Å². The lowest BCUT2D eigenvalue weighted by Crippen LogP contribution is -1.95. The van der Waals surface area contributed by atoms with E-state index in [0.717, 1.165) is 14.9 Å². The van der Waals surface area contributed by atoms with E-state index in [1.54, 1.807) is 0 Å². The van der Waals surface area contributed by atoms with Crippen LogP contribution in [-0.2, 0) is 6.61 Å². The van der Waals surface area contributed by atoms with Crippen molar-refractivity contribution >= 4 is 34.2 Å². The predicted octanol–water partition coefficient (Wildman–Crippen LogP) is 4.52. The molecule has 82 valence electrons. The van der Waals surface area contributed by atoms with Crippen LogP contribution in [0, 0.1) is 3.57 Å². The highest BCUT2D eigenvalue weighted by atomic mass is 127. The van der Waals surface area contributed by atoms with E-state index in [-0.39, 0.29) is 0 Å². The number of hydrogen-bond donors (Lipinski definition) is 0. The first-order valence-corrected chi connectivity index (χ1v) is 6.33. The highest BCUT2D eigenvalue weighted by molar-refractivity contribution is 14.1. The topological polar surface area (TPSA) is 9.23 Å². The maximum absolute atomic E-state index is 6.07. The van der Waals surface area contributed by atoms with Crippen molar-refractivity contribution in [3.63, 3.8) is 0 Å². The molecule has 0 aliphatic carbocycles. The molecule has 0 radical (unpaired) electrons. The van der Waals surface area contributed by atoms with Crippen molar-refractivity contribution in [3.8, 4) is 5.75 Å². The van der Waals surface area contributed by atoms with E-state index >= 15 is 0 Å². The molecule has 2 aromatic carbocycles. The lowest BCUT2D eigenvalue weighted by Gasteiger charge is -2.08. The Morgan fingerprint density at radius 1 is 1.06 bits per heavy atom. The average molecular weight is 345 g/mol. The maximum Gasteiger partial charge on any atom is 0.138 e. The van der Waals surface area contributed by atoms with E-state index in [1.165, 1.54) is 0 Å². The molecule has 0 atom stereocenters. The van der Waals surface area contributed by atoms with Gasteiger partial charge in [-0.15, -0.1) is 0 Å². The maximum atomic E-state index is 6.07. The smallest absolute Gasteiger partial charge is 0.138 e. The standard InChI is InChI=1S/C13H10ClIO/c14-12-8-11(15)6-7-13(12)16-9-10-4-2-1-3-5-10/h1-8H,9H2. The van der Waals surface area contributed by atoms with Crippen LogP contribution in [0.25, 0.3) is 0 Å². The average Bonchev–Trinajstić information content (AvgIpc) is 2.29. The molecular formula is C13H10ClIO. The van der Waals surface area contributed by atoms with E-state index in [2.05, 4.69) is 22.6 Å². The molecule has 3 heteroatoms. The molecule has 0 N–H and O–H groups in total. The van der Waals surface area contributed by atoms with Gasteiger partial charge in [-0.25, -0.2) is 0 Å². The van der Waals surface area contributed by atoms with Crippen molar-refractivity contribution in [1.82, 2.24) is 0 Å². The number of rotatable bonds is 3. The third-order valence-corrected chi connectivity index (χ3v) is 3.10. The summed E-state index contributed by atoms with van der Waals surface area (Å²) < 4.78 is 6.75. The van der Waals surface area contributed by atoms with Crippen molar-refractivity contribution in [1.29, 1.82) is 0 Å². The SMILES string of the molecule is Clc1cc(I)ccc1OCc1ccccc1. The molecule has 0 saturated heterocycles. The summed E-state index contributed by atoms with van der Waals surface area (Å²) >= 11 is 8.29. The molecule has 0 aliphatic heterocycles. The Bertz CT molecular complexity index is 471. The van der Waals surface area contributed by atoms with Gasteiger partial charge >= 0.3 is 0 Å². The molecule has 0 bridgehead atoms. The van der Waals surface area contributed by atoms with Crippen molar-refractivity contribution in [2.75, 3.05) is 0 Å². The van der Waals surface area contributed by atoms with Gasteiger partial charge in [0.2, 0.25) is 0 Å². The Morgan fingerprint density at radius 2 is 1.81 bits per heavy atom. The molecule has 0 aliphatic rings. The Hall–Kier alpha value is -0.740. The minimum absolute atomic E-state index is 0.543. The lowest BCUT2D eigenvalue weighted by molar-refractivity contribution is 0.306. The van der Waals surface area contributed by atoms with Gasteiger partial charge in [-0.1, -0.05) is 41.9 Å². The molecule has 2 aromatic rings. The van der Waals surface area contributed by atoms with Crippen molar-refractivity contribution in [3.05, 3.63) is 62.7 Å². The summed E-state index contributed by atoms with van der Waals surface area (Å²) in [5.41, 5.74) is 1.14. The highest BCUT2D eigenvalue weighted by Crippen LogP contribution is 2.26. The Balaban J connectivity index is 2.05. The number of hydrogen-bond acceptors (Lipinski definition) is 1. The van der Waals surface area contributed by atoms with Gasteiger partial charge in [0.15, 0.2) is 0 Å². The second-order valence-electron chi connectivity index (χ2n) is 3.35. The van der Waals surface area contributed by atoms with Crippen LogP contribution in [0.3, 0.4) is 0 Å². The molecular weight excluding hydrogens is 334 g/mol. The molecule has 2 rings (SSSR count). The zero-order chi connectivity index (χ0) is 11.4. The van der Waals surface area contributed by atoms with E-state index in [0.29, 0.717) is 11.6 Å². The van der Waals surface area contributed by atoms with E-state index in [9.17, 15) is 0 Å². The zero-order valence-corrected chi connectivity index (χ0v) is 11.4. The monoisotopic (exact) mass is 344 g/mol. The third kappa shape index (κ3) is 3.12. The lowest BCUT2D eigenvalue weighted by atomic mass is 10.2. The van der Waals surface area contributed by atoms with Crippen molar-refractivity contribution in [2.45, 2.75) is 6.61 Å². The summed E-state index contributed by atoms with van der Waals surface area (Å²) in [5.74, 6) is 0.728. The predicted molar refractivity (Wildman–Crippen MR) is 74.9 cm³/mol. The molecule has 0 heterocycles. The summed E-state index contributed by atoms with van der Waals surface area (Å²) in [6, 6.07) is 15.8. The minimum atomic E-state index is 0.543. The fraction of sp³-hybridized carbons (Fsp3) is 0.0769. The summed E-state index contributed by atoms with van der Waals surface area (Å²) in [6.45, 7) is 0.543. The Morgan fingerprint density at radius 3 is 2.50 bits per heavy atom. The Kier molecular flexibility index (Phi) is 4.07. The van der Waals surface area contributed by atoms with Gasteiger partial charge in [0.05, 0.1) is 5.02 Å². The molecule has 0 amide bonds. The molecule has 1 nitrogen and oxygen atoms in total. The molecule has 0 saturated carbocycles. The first kappa shape index (κ1) is 11.7. The van der Waals surface area contributed by atoms with Gasteiger partial charge < -0.3 is 4.74 Å². The quantitative estimate of drug-likeness (QED) is 0.744. The molecule has 0 spiro atoms. The van der Waals surface area contributed by atoms with Gasteiger partial charge in [0.25, 0.3) is 0 Å². The molecule has 0 unspecified atom stereocenters. The van der Waals surface area contributed by atoms with E-state index in [4.69, 9.17) is 16.3 Å². The summed E-state index contributed by atoms with van der Waals surface area (Å²) in [5, 5.41) is 0.655. The van der Waals surface area contributed by atoms with E-state index < -0.39 is 0 Å². The van der Waals surface area contributed by atoms with Gasteiger partial charge in [-0.05, 0) is 46.4 Å². The normalized spacial score (nSPS) is 10.1. The van der Waals surface area contributed by atoms with Gasteiger partial charge in [0.1, 0.15) is 12.4 Å². The first-order valence-electron chi connectivity index (χ1n) is 4.87. The summed E-state index contributed by atoms with van der Waals surface area (Å²) in [6.07, 6.45) is 0. The van der Waals surface area contributed by atoms with Crippen LogP contribution in [0.1, 0.15) is 5.56 Å². The number of benzene rings is 2. The van der Waals surface area contributed by atoms with Crippen LogP contribution in [0.5, 0.6) is 5.75 Å². The Labute approximate surface area is 114 Å². The molecule has 16 heavy (non-hydrogen) atoms. The zero-order valence-electron chi connectivity index (χ0n) is 8.49. The van der Waals surface area contributed by atoms with Gasteiger partial charge in [-0.3, -0.25) is 0 Å². The van der Waals surface area contributed by atoms with Gasteiger partial charge in [-0.2, -0.15) is 0 Å². The highest BCUT2D eigenvalue weighted by Gasteiger charge is 2.02. The third-order valence-electron chi connectivity index (χ3n) is 2.13. The van der Waals surface area contributed by atoms with E-state index in [1.807, 2.05) is 48.5 Å². The van der Waals surface area contributed by atoms with Crippen LogP contribution in [0.4, 0.5) is 0 Å².